The van der Waals surface area contributed by atoms with Gasteiger partial charge in [0.15, 0.2) is 17.4 Å². The van der Waals surface area contributed by atoms with Crippen molar-refractivity contribution in [3.63, 3.8) is 0 Å². The molecule has 17 heavy (non-hydrogen) atoms. The van der Waals surface area contributed by atoms with Crippen LogP contribution in [0.1, 0.15) is 11.7 Å². The highest BCUT2D eigenvalue weighted by atomic mass is 16.5. The Bertz CT molecular complexity index is 484. The van der Waals surface area contributed by atoms with E-state index in [0.29, 0.717) is 24.7 Å². The molecule has 0 aliphatic heterocycles. The van der Waals surface area contributed by atoms with Gasteiger partial charge in [-0.1, -0.05) is 5.16 Å². The van der Waals surface area contributed by atoms with E-state index in [-0.39, 0.29) is 0 Å². The molecule has 2 heterocycles. The minimum absolute atomic E-state index is 0.579. The van der Waals surface area contributed by atoms with Crippen molar-refractivity contribution in [1.29, 1.82) is 0 Å². The van der Waals surface area contributed by atoms with Crippen LogP contribution in [0.5, 0.6) is 5.75 Å². The van der Waals surface area contributed by atoms with Crippen molar-refractivity contribution in [2.75, 3.05) is 19.0 Å². The Morgan fingerprint density at radius 2 is 2.35 bits per heavy atom. The number of rotatable bonds is 5. The molecule has 0 aromatic carbocycles. The van der Waals surface area contributed by atoms with E-state index in [9.17, 15) is 0 Å². The van der Waals surface area contributed by atoms with E-state index in [4.69, 9.17) is 9.26 Å². The Hall–Kier alpha value is -2.11. The van der Waals surface area contributed by atoms with Gasteiger partial charge in [-0.25, -0.2) is 4.98 Å². The Kier molecular flexibility index (Phi) is 3.54. The lowest BCUT2D eigenvalue weighted by molar-refractivity contribution is 0.387. The number of methoxy groups -OCH3 is 1. The number of nitrogens with zero attached hydrogens (tertiary/aromatic N) is 3. The van der Waals surface area contributed by atoms with Gasteiger partial charge in [-0.15, -0.1) is 0 Å². The summed E-state index contributed by atoms with van der Waals surface area (Å²) in [6.07, 6.45) is 2.39. The summed E-state index contributed by atoms with van der Waals surface area (Å²) >= 11 is 0. The smallest absolute Gasteiger partial charge is 0.223 e. The second-order valence-electron chi connectivity index (χ2n) is 3.46. The second-order valence-corrected chi connectivity index (χ2v) is 3.46. The number of hydrogen-bond donors (Lipinski definition) is 1. The molecule has 0 spiro atoms. The van der Waals surface area contributed by atoms with Gasteiger partial charge in [0.1, 0.15) is 0 Å². The van der Waals surface area contributed by atoms with E-state index in [2.05, 4.69) is 20.4 Å². The number of aryl methyl sites for hydroxylation is 1. The molecule has 2 aromatic heterocycles. The lowest BCUT2D eigenvalue weighted by atomic mass is 10.3. The predicted molar refractivity (Wildman–Crippen MR) is 62.0 cm³/mol. The number of aromatic nitrogens is 3. The molecule has 0 bridgehead atoms. The fourth-order valence-electron chi connectivity index (χ4n) is 1.42. The van der Waals surface area contributed by atoms with Crippen LogP contribution in [-0.4, -0.2) is 28.8 Å². The van der Waals surface area contributed by atoms with Gasteiger partial charge in [0.2, 0.25) is 5.89 Å². The highest BCUT2D eigenvalue weighted by Gasteiger charge is 2.04. The molecule has 0 saturated heterocycles. The van der Waals surface area contributed by atoms with Crippen LogP contribution in [0, 0.1) is 6.92 Å². The minimum atomic E-state index is 0.579. The topological polar surface area (TPSA) is 73.1 Å². The fourth-order valence-corrected chi connectivity index (χ4v) is 1.42. The summed E-state index contributed by atoms with van der Waals surface area (Å²) in [7, 11) is 1.62. The molecule has 0 aliphatic carbocycles. The summed E-state index contributed by atoms with van der Waals surface area (Å²) in [5.74, 6) is 2.70. The number of nitrogens with one attached hydrogen (secondary N) is 1. The monoisotopic (exact) mass is 234 g/mol. The molecule has 0 aliphatic rings. The van der Waals surface area contributed by atoms with Crippen molar-refractivity contribution in [3.8, 4) is 5.75 Å². The summed E-state index contributed by atoms with van der Waals surface area (Å²) in [5.41, 5.74) is 0. The minimum Gasteiger partial charge on any atom is -0.493 e. The zero-order valence-corrected chi connectivity index (χ0v) is 9.80. The van der Waals surface area contributed by atoms with Crippen molar-refractivity contribution >= 4 is 5.82 Å². The first-order valence-electron chi connectivity index (χ1n) is 5.31. The number of ether oxygens (including phenoxy) is 1. The van der Waals surface area contributed by atoms with Crippen LogP contribution >= 0.6 is 0 Å². The molecule has 6 heteroatoms. The fraction of sp³-hybridized carbons (Fsp3) is 0.364. The molecule has 0 amide bonds. The SMILES string of the molecule is COc1cccnc1NCCc1noc(C)n1. The number of pyridine rings is 1. The van der Waals surface area contributed by atoms with Crippen molar-refractivity contribution in [1.82, 2.24) is 15.1 Å². The largest absolute Gasteiger partial charge is 0.493 e. The van der Waals surface area contributed by atoms with Crippen LogP contribution in [0.2, 0.25) is 0 Å². The van der Waals surface area contributed by atoms with Gasteiger partial charge in [-0.2, -0.15) is 4.98 Å². The first kappa shape index (κ1) is 11.4. The molecular formula is C11H14N4O2. The van der Waals surface area contributed by atoms with Crippen LogP contribution in [0.3, 0.4) is 0 Å². The van der Waals surface area contributed by atoms with Crippen molar-refractivity contribution in [2.45, 2.75) is 13.3 Å². The van der Waals surface area contributed by atoms with Crippen molar-refractivity contribution in [3.05, 3.63) is 30.0 Å². The Balaban J connectivity index is 1.89. The second kappa shape index (κ2) is 5.29. The van der Waals surface area contributed by atoms with Crippen molar-refractivity contribution < 1.29 is 9.26 Å². The Morgan fingerprint density at radius 1 is 1.47 bits per heavy atom. The van der Waals surface area contributed by atoms with Crippen molar-refractivity contribution in [2.24, 2.45) is 0 Å². The van der Waals surface area contributed by atoms with Crippen LogP contribution in [0.15, 0.2) is 22.9 Å². The molecule has 0 atom stereocenters. The highest BCUT2D eigenvalue weighted by molar-refractivity contribution is 5.49. The zero-order chi connectivity index (χ0) is 12.1. The van der Waals surface area contributed by atoms with Gasteiger partial charge in [-0.05, 0) is 12.1 Å². The molecule has 0 radical (unpaired) electrons. The maximum atomic E-state index is 5.18. The maximum absolute atomic E-state index is 5.18. The van der Waals surface area contributed by atoms with E-state index in [1.165, 1.54) is 0 Å². The molecule has 6 nitrogen and oxygen atoms in total. The zero-order valence-electron chi connectivity index (χ0n) is 9.80. The Morgan fingerprint density at radius 3 is 3.06 bits per heavy atom. The standard InChI is InChI=1S/C11H14N4O2/c1-8-14-10(15-17-8)5-7-13-11-9(16-2)4-3-6-12-11/h3-4,6H,5,7H2,1-2H3,(H,12,13). The van der Waals surface area contributed by atoms with Crippen LogP contribution in [0.25, 0.3) is 0 Å². The van der Waals surface area contributed by atoms with Gasteiger partial charge < -0.3 is 14.6 Å². The molecule has 0 unspecified atom stereocenters. The average molecular weight is 234 g/mol. The number of hydrogen-bond acceptors (Lipinski definition) is 6. The molecular weight excluding hydrogens is 220 g/mol. The summed E-state index contributed by atoms with van der Waals surface area (Å²) in [5, 5.41) is 6.98. The first-order valence-corrected chi connectivity index (χ1v) is 5.31. The van der Waals surface area contributed by atoms with E-state index in [0.717, 1.165) is 11.6 Å². The summed E-state index contributed by atoms with van der Waals surface area (Å²) in [6.45, 7) is 2.44. The Labute approximate surface area is 99.0 Å². The quantitative estimate of drug-likeness (QED) is 0.843. The summed E-state index contributed by atoms with van der Waals surface area (Å²) in [6, 6.07) is 3.68. The summed E-state index contributed by atoms with van der Waals surface area (Å²) < 4.78 is 10.1. The summed E-state index contributed by atoms with van der Waals surface area (Å²) in [4.78, 5) is 8.30. The normalized spacial score (nSPS) is 10.2. The third-order valence-electron chi connectivity index (χ3n) is 2.20. The van der Waals surface area contributed by atoms with Gasteiger partial charge in [0.05, 0.1) is 7.11 Å². The van der Waals surface area contributed by atoms with E-state index >= 15 is 0 Å². The van der Waals surface area contributed by atoms with Crippen LogP contribution in [0.4, 0.5) is 5.82 Å². The third-order valence-corrected chi connectivity index (χ3v) is 2.20. The molecule has 1 N–H and O–H groups in total. The lowest BCUT2D eigenvalue weighted by Crippen LogP contribution is -2.08. The number of anilines is 1. The molecule has 0 fully saturated rings. The first-order chi connectivity index (χ1) is 8.29. The van der Waals surface area contributed by atoms with E-state index in [1.54, 1.807) is 20.2 Å². The molecule has 90 valence electrons. The molecule has 2 aromatic rings. The highest BCUT2D eigenvalue weighted by Crippen LogP contribution is 2.19. The average Bonchev–Trinajstić information content (AvgIpc) is 2.76. The van der Waals surface area contributed by atoms with Gasteiger partial charge in [-0.3, -0.25) is 0 Å². The van der Waals surface area contributed by atoms with E-state index < -0.39 is 0 Å². The molecule has 2 rings (SSSR count). The lowest BCUT2D eigenvalue weighted by Gasteiger charge is -2.08. The van der Waals surface area contributed by atoms with Crippen LogP contribution in [-0.2, 0) is 6.42 Å². The van der Waals surface area contributed by atoms with Crippen LogP contribution < -0.4 is 10.1 Å². The van der Waals surface area contributed by atoms with Gasteiger partial charge >= 0.3 is 0 Å². The maximum Gasteiger partial charge on any atom is 0.223 e. The molecule has 0 saturated carbocycles. The van der Waals surface area contributed by atoms with Gasteiger partial charge in [0, 0.05) is 26.1 Å². The van der Waals surface area contributed by atoms with Gasteiger partial charge in [0.25, 0.3) is 0 Å². The third kappa shape index (κ3) is 2.93. The predicted octanol–water partition coefficient (Wildman–Crippen LogP) is 1.44. The van der Waals surface area contributed by atoms with E-state index in [1.807, 2.05) is 12.1 Å².